The molecule has 1 aromatic rings. The highest BCUT2D eigenvalue weighted by Gasteiger charge is 2.35. The number of para-hydroxylation sites is 1. The van der Waals surface area contributed by atoms with Crippen LogP contribution in [0.5, 0.6) is 5.75 Å². The Kier molecular flexibility index (Phi) is 3.52. The zero-order valence-electron chi connectivity index (χ0n) is 7.74. The lowest BCUT2D eigenvalue weighted by Gasteiger charge is -2.22. The molecule has 0 aliphatic heterocycles. The topological polar surface area (TPSA) is 46.5 Å². The minimum Gasteiger partial charge on any atom is -0.478 e. The molecular formula is C10H11BrO3. The maximum Gasteiger partial charge on any atom is 0.359 e. The average molecular weight is 259 g/mol. The van der Waals surface area contributed by atoms with Crippen LogP contribution >= 0.6 is 15.9 Å². The van der Waals surface area contributed by atoms with Crippen molar-refractivity contribution in [1.82, 2.24) is 0 Å². The van der Waals surface area contributed by atoms with Crippen molar-refractivity contribution in [2.24, 2.45) is 0 Å². The summed E-state index contributed by atoms with van der Waals surface area (Å²) < 4.78 is 4.00. The molecule has 0 saturated carbocycles. The van der Waals surface area contributed by atoms with Crippen molar-refractivity contribution in [3.8, 4) is 5.75 Å². The summed E-state index contributed by atoms with van der Waals surface area (Å²) in [6.07, 6.45) is 0.344. The molecule has 0 heterocycles. The lowest BCUT2D eigenvalue weighted by atomic mass is 10.2. The quantitative estimate of drug-likeness (QED) is 0.845. The number of hydrogen-bond acceptors (Lipinski definition) is 2. The Labute approximate surface area is 90.8 Å². The van der Waals surface area contributed by atoms with Crippen molar-refractivity contribution < 1.29 is 14.6 Å². The van der Waals surface area contributed by atoms with Gasteiger partial charge in [-0.2, -0.15) is 0 Å². The minimum atomic E-state index is -1.33. The summed E-state index contributed by atoms with van der Waals surface area (Å²) in [5.74, 6) is -0.488. The Morgan fingerprint density at radius 1 is 1.50 bits per heavy atom. The van der Waals surface area contributed by atoms with Crippen molar-refractivity contribution in [2.45, 2.75) is 17.9 Å². The van der Waals surface area contributed by atoms with Gasteiger partial charge in [0.15, 0.2) is 0 Å². The number of alkyl halides is 1. The van der Waals surface area contributed by atoms with Crippen LogP contribution in [0, 0.1) is 0 Å². The van der Waals surface area contributed by atoms with Gasteiger partial charge in [0.1, 0.15) is 5.75 Å². The van der Waals surface area contributed by atoms with Gasteiger partial charge in [0, 0.05) is 6.42 Å². The summed E-state index contributed by atoms with van der Waals surface area (Å²) >= 11 is 3.06. The number of rotatable bonds is 4. The number of carboxylic acid groups (broad SMARTS) is 1. The molecule has 0 radical (unpaired) electrons. The fraction of sp³-hybridized carbons (Fsp3) is 0.300. The van der Waals surface area contributed by atoms with E-state index in [4.69, 9.17) is 9.84 Å². The van der Waals surface area contributed by atoms with Gasteiger partial charge in [-0.1, -0.05) is 25.1 Å². The zero-order valence-corrected chi connectivity index (χ0v) is 9.32. The van der Waals surface area contributed by atoms with Gasteiger partial charge in [0.25, 0.3) is 4.51 Å². The first-order valence-corrected chi connectivity index (χ1v) is 5.04. The minimum absolute atomic E-state index is 0.344. The number of aliphatic carboxylic acids is 1. The molecule has 76 valence electrons. The molecule has 1 N–H and O–H groups in total. The normalized spacial score (nSPS) is 14.4. The van der Waals surface area contributed by atoms with Crippen LogP contribution in [0.4, 0.5) is 0 Å². The van der Waals surface area contributed by atoms with Crippen LogP contribution in [-0.2, 0) is 4.79 Å². The Balaban J connectivity index is 2.81. The summed E-state index contributed by atoms with van der Waals surface area (Å²) in [7, 11) is 0. The largest absolute Gasteiger partial charge is 0.478 e. The molecule has 1 aromatic carbocycles. The van der Waals surface area contributed by atoms with Crippen LogP contribution in [0.2, 0.25) is 0 Å². The van der Waals surface area contributed by atoms with Gasteiger partial charge >= 0.3 is 5.97 Å². The zero-order chi connectivity index (χ0) is 10.6. The van der Waals surface area contributed by atoms with Crippen LogP contribution < -0.4 is 4.74 Å². The fourth-order valence-corrected chi connectivity index (χ4v) is 1.13. The first kappa shape index (κ1) is 11.0. The number of benzene rings is 1. The van der Waals surface area contributed by atoms with E-state index in [0.29, 0.717) is 12.2 Å². The molecule has 0 aliphatic rings. The summed E-state index contributed by atoms with van der Waals surface area (Å²) in [5, 5.41) is 8.92. The maximum atomic E-state index is 10.9. The van der Waals surface area contributed by atoms with Crippen molar-refractivity contribution in [3.05, 3.63) is 30.3 Å². The molecule has 1 rings (SSSR count). The molecule has 4 heteroatoms. The van der Waals surface area contributed by atoms with Crippen molar-refractivity contribution in [2.75, 3.05) is 0 Å². The summed E-state index contributed by atoms with van der Waals surface area (Å²) in [4.78, 5) is 10.9. The highest BCUT2D eigenvalue weighted by molar-refractivity contribution is 9.10. The molecule has 3 nitrogen and oxygen atoms in total. The molecule has 1 atom stereocenters. The second-order valence-corrected chi connectivity index (χ2v) is 4.08. The molecule has 1 unspecified atom stereocenters. The molecule has 14 heavy (non-hydrogen) atoms. The SMILES string of the molecule is CCC(Br)(Oc1ccccc1)C(=O)O. The number of hydrogen-bond donors (Lipinski definition) is 1. The lowest BCUT2D eigenvalue weighted by Crippen LogP contribution is -2.37. The van der Waals surface area contributed by atoms with Crippen molar-refractivity contribution in [1.29, 1.82) is 0 Å². The molecule has 0 aliphatic carbocycles. The predicted octanol–water partition coefficient (Wildman–Crippen LogP) is 2.65. The summed E-state index contributed by atoms with van der Waals surface area (Å²) in [6, 6.07) is 8.86. The molecular weight excluding hydrogens is 248 g/mol. The standard InChI is InChI=1S/C10H11BrO3/c1-2-10(11,9(12)13)14-8-6-4-3-5-7-8/h3-7H,2H2,1H3,(H,12,13). The predicted molar refractivity (Wildman–Crippen MR) is 56.7 cm³/mol. The average Bonchev–Trinajstić information content (AvgIpc) is 2.19. The van der Waals surface area contributed by atoms with Crippen LogP contribution in [0.15, 0.2) is 30.3 Å². The van der Waals surface area contributed by atoms with Crippen molar-refractivity contribution >= 4 is 21.9 Å². The van der Waals surface area contributed by atoms with Gasteiger partial charge in [-0.3, -0.25) is 0 Å². The van der Waals surface area contributed by atoms with Crippen LogP contribution in [0.3, 0.4) is 0 Å². The molecule has 0 saturated heterocycles. The van der Waals surface area contributed by atoms with Gasteiger partial charge in [0.05, 0.1) is 0 Å². The monoisotopic (exact) mass is 258 g/mol. The van der Waals surface area contributed by atoms with Crippen molar-refractivity contribution in [3.63, 3.8) is 0 Å². The third-order valence-corrected chi connectivity index (χ3v) is 2.86. The van der Waals surface area contributed by atoms with Gasteiger partial charge in [-0.15, -0.1) is 0 Å². The van der Waals surface area contributed by atoms with Gasteiger partial charge in [-0.25, -0.2) is 4.79 Å². The highest BCUT2D eigenvalue weighted by atomic mass is 79.9. The molecule has 0 spiro atoms. The second kappa shape index (κ2) is 4.46. The number of ether oxygens (including phenoxy) is 1. The van der Waals surface area contributed by atoms with E-state index < -0.39 is 10.5 Å². The van der Waals surface area contributed by atoms with Crippen LogP contribution in [0.25, 0.3) is 0 Å². The second-order valence-electron chi connectivity index (χ2n) is 2.80. The van der Waals surface area contributed by atoms with E-state index in [-0.39, 0.29) is 0 Å². The third-order valence-electron chi connectivity index (χ3n) is 1.80. The van der Waals surface area contributed by atoms with Crippen LogP contribution in [0.1, 0.15) is 13.3 Å². The third kappa shape index (κ3) is 2.48. The first-order valence-electron chi connectivity index (χ1n) is 4.25. The lowest BCUT2D eigenvalue weighted by molar-refractivity contribution is -0.147. The Morgan fingerprint density at radius 2 is 2.07 bits per heavy atom. The van der Waals surface area contributed by atoms with Gasteiger partial charge < -0.3 is 9.84 Å². The van der Waals surface area contributed by atoms with E-state index >= 15 is 0 Å². The molecule has 0 aromatic heterocycles. The van der Waals surface area contributed by atoms with E-state index in [1.54, 1.807) is 31.2 Å². The highest BCUT2D eigenvalue weighted by Crippen LogP contribution is 2.27. The Bertz CT molecular complexity index is 312. The summed E-state index contributed by atoms with van der Waals surface area (Å²) in [6.45, 7) is 1.74. The number of halogens is 1. The fourth-order valence-electron chi connectivity index (χ4n) is 0.942. The Morgan fingerprint density at radius 3 is 2.50 bits per heavy atom. The van der Waals surface area contributed by atoms with Gasteiger partial charge in [-0.05, 0) is 28.1 Å². The molecule has 0 fully saturated rings. The first-order chi connectivity index (χ1) is 6.58. The van der Waals surface area contributed by atoms with E-state index in [0.717, 1.165) is 0 Å². The van der Waals surface area contributed by atoms with Gasteiger partial charge in [0.2, 0.25) is 0 Å². The maximum absolute atomic E-state index is 10.9. The molecule has 0 bridgehead atoms. The van der Waals surface area contributed by atoms with Crippen LogP contribution in [-0.4, -0.2) is 15.6 Å². The Hall–Kier alpha value is -1.03. The van der Waals surface area contributed by atoms with E-state index in [9.17, 15) is 4.79 Å². The number of carboxylic acids is 1. The molecule has 0 amide bonds. The number of carbonyl (C=O) groups is 1. The van der Waals surface area contributed by atoms with E-state index in [1.807, 2.05) is 6.07 Å². The van der Waals surface area contributed by atoms with E-state index in [1.165, 1.54) is 0 Å². The summed E-state index contributed by atoms with van der Waals surface area (Å²) in [5.41, 5.74) is 0. The van der Waals surface area contributed by atoms with E-state index in [2.05, 4.69) is 15.9 Å². The smallest absolute Gasteiger partial charge is 0.359 e.